The van der Waals surface area contributed by atoms with Gasteiger partial charge in [-0.3, -0.25) is 0 Å². The van der Waals surface area contributed by atoms with Gasteiger partial charge in [0.15, 0.2) is 0 Å². The molecule has 1 N–H and O–H groups in total. The molecule has 0 amide bonds. The van der Waals surface area contributed by atoms with E-state index in [1.807, 2.05) is 0 Å². The third kappa shape index (κ3) is 7.67. The molecule has 1 saturated heterocycles. The second-order valence-corrected chi connectivity index (χ2v) is 6.92. The Morgan fingerprint density at radius 1 is 0.958 bits per heavy atom. The van der Waals surface area contributed by atoms with Gasteiger partial charge in [0, 0.05) is 26.2 Å². The molecule has 1 heterocycles. The minimum Gasteiger partial charge on any atom is -0.493 e. The Balaban J connectivity index is 1.63. The first kappa shape index (κ1) is 19.3. The van der Waals surface area contributed by atoms with Crippen LogP contribution >= 0.6 is 0 Å². The molecular weight excluding hydrogens is 296 g/mol. The molecule has 1 aliphatic heterocycles. The number of nitrogens with one attached hydrogen (secondary N) is 1. The molecule has 0 atom stereocenters. The highest BCUT2D eigenvalue weighted by Crippen LogP contribution is 2.20. The third-order valence-electron chi connectivity index (χ3n) is 4.86. The molecule has 1 aliphatic rings. The van der Waals surface area contributed by atoms with Gasteiger partial charge in [-0.2, -0.15) is 0 Å². The van der Waals surface area contributed by atoms with Crippen LogP contribution in [0.1, 0.15) is 57.4 Å². The lowest BCUT2D eigenvalue weighted by atomic mass is 10.1. The summed E-state index contributed by atoms with van der Waals surface area (Å²) >= 11 is 0. The second-order valence-electron chi connectivity index (χ2n) is 6.92. The summed E-state index contributed by atoms with van der Waals surface area (Å²) in [5, 5.41) is 3.42. The summed E-state index contributed by atoms with van der Waals surface area (Å²) in [6.07, 6.45) is 10.1. The molecule has 1 aromatic carbocycles. The lowest BCUT2D eigenvalue weighted by Gasteiger charge is -2.27. The highest BCUT2D eigenvalue weighted by Gasteiger charge is 2.09. The van der Waals surface area contributed by atoms with Gasteiger partial charge in [-0.15, -0.1) is 0 Å². The van der Waals surface area contributed by atoms with Crippen LogP contribution < -0.4 is 10.1 Å². The maximum Gasteiger partial charge on any atom is 0.122 e. The average molecular weight is 333 g/mol. The molecule has 3 nitrogen and oxygen atoms in total. The quantitative estimate of drug-likeness (QED) is 0.579. The van der Waals surface area contributed by atoms with Gasteiger partial charge in [0.05, 0.1) is 6.61 Å². The average Bonchev–Trinajstić information content (AvgIpc) is 2.63. The number of nitrogens with zero attached hydrogens (tertiary/aromatic N) is 1. The van der Waals surface area contributed by atoms with E-state index >= 15 is 0 Å². The van der Waals surface area contributed by atoms with Crippen molar-refractivity contribution in [3.05, 3.63) is 29.8 Å². The minimum atomic E-state index is 0.863. The molecule has 0 aromatic heterocycles. The van der Waals surface area contributed by atoms with Crippen LogP contribution in [0.2, 0.25) is 0 Å². The molecule has 0 spiro atoms. The van der Waals surface area contributed by atoms with E-state index in [-0.39, 0.29) is 0 Å². The van der Waals surface area contributed by atoms with Gasteiger partial charge < -0.3 is 15.0 Å². The fourth-order valence-electron chi connectivity index (χ4n) is 3.32. The van der Waals surface area contributed by atoms with Crippen LogP contribution in [0.25, 0.3) is 0 Å². The van der Waals surface area contributed by atoms with Gasteiger partial charge in [-0.25, -0.2) is 0 Å². The van der Waals surface area contributed by atoms with E-state index in [2.05, 4.69) is 41.4 Å². The fourth-order valence-corrected chi connectivity index (χ4v) is 3.32. The van der Waals surface area contributed by atoms with E-state index < -0.39 is 0 Å². The zero-order valence-electron chi connectivity index (χ0n) is 15.6. The van der Waals surface area contributed by atoms with E-state index in [1.54, 1.807) is 0 Å². The molecule has 136 valence electrons. The van der Waals surface area contributed by atoms with E-state index in [1.165, 1.54) is 70.1 Å². The van der Waals surface area contributed by atoms with Gasteiger partial charge in [0.25, 0.3) is 0 Å². The summed E-state index contributed by atoms with van der Waals surface area (Å²) in [4.78, 5) is 2.58. The van der Waals surface area contributed by atoms with Crippen LogP contribution in [0.5, 0.6) is 5.75 Å². The predicted molar refractivity (Wildman–Crippen MR) is 103 cm³/mol. The van der Waals surface area contributed by atoms with E-state index in [4.69, 9.17) is 4.74 Å². The molecule has 1 aromatic rings. The Morgan fingerprint density at radius 3 is 2.58 bits per heavy atom. The number of rotatable bonds is 12. The van der Waals surface area contributed by atoms with Crippen molar-refractivity contribution in [1.82, 2.24) is 10.2 Å². The zero-order valence-corrected chi connectivity index (χ0v) is 15.6. The van der Waals surface area contributed by atoms with Crippen molar-refractivity contribution in [2.24, 2.45) is 0 Å². The number of benzene rings is 1. The molecule has 3 heteroatoms. The second kappa shape index (κ2) is 12.3. The monoisotopic (exact) mass is 332 g/mol. The molecule has 0 radical (unpaired) electrons. The number of para-hydroxylation sites is 1. The molecule has 0 unspecified atom stereocenters. The summed E-state index contributed by atoms with van der Waals surface area (Å²) < 4.78 is 6.05. The van der Waals surface area contributed by atoms with E-state index in [9.17, 15) is 0 Å². The van der Waals surface area contributed by atoms with Crippen molar-refractivity contribution >= 4 is 0 Å². The van der Waals surface area contributed by atoms with Crippen molar-refractivity contribution in [3.63, 3.8) is 0 Å². The van der Waals surface area contributed by atoms with Gasteiger partial charge >= 0.3 is 0 Å². The van der Waals surface area contributed by atoms with Crippen LogP contribution in [-0.4, -0.2) is 44.2 Å². The highest BCUT2D eigenvalue weighted by molar-refractivity contribution is 5.33. The number of hydrogen-bond donors (Lipinski definition) is 1. The lowest BCUT2D eigenvalue weighted by Crippen LogP contribution is -2.43. The normalized spacial score (nSPS) is 15.5. The van der Waals surface area contributed by atoms with Crippen molar-refractivity contribution < 1.29 is 4.74 Å². The van der Waals surface area contributed by atoms with Crippen LogP contribution in [0.15, 0.2) is 24.3 Å². The van der Waals surface area contributed by atoms with Gasteiger partial charge in [0.1, 0.15) is 5.75 Å². The van der Waals surface area contributed by atoms with E-state index in [0.29, 0.717) is 0 Å². The lowest BCUT2D eigenvalue weighted by molar-refractivity contribution is 0.236. The summed E-state index contributed by atoms with van der Waals surface area (Å²) in [6.45, 7) is 9.07. The molecule has 0 aliphatic carbocycles. The summed E-state index contributed by atoms with van der Waals surface area (Å²) in [5.41, 5.74) is 1.38. The molecular formula is C21H36N2O. The summed E-state index contributed by atoms with van der Waals surface area (Å²) in [6, 6.07) is 8.60. The Labute approximate surface area is 148 Å². The number of aryl methyl sites for hydroxylation is 1. The van der Waals surface area contributed by atoms with Gasteiger partial charge in [0.2, 0.25) is 0 Å². The number of ether oxygens (including phenoxy) is 1. The molecule has 2 rings (SSSR count). The summed E-state index contributed by atoms with van der Waals surface area (Å²) in [5.74, 6) is 1.11. The van der Waals surface area contributed by atoms with Gasteiger partial charge in [-0.05, 0) is 43.9 Å². The largest absolute Gasteiger partial charge is 0.493 e. The summed E-state index contributed by atoms with van der Waals surface area (Å²) in [7, 11) is 0. The molecule has 24 heavy (non-hydrogen) atoms. The zero-order chi connectivity index (χ0) is 16.9. The first-order valence-corrected chi connectivity index (χ1v) is 10.0. The first-order valence-electron chi connectivity index (χ1n) is 10.0. The Morgan fingerprint density at radius 2 is 1.75 bits per heavy atom. The van der Waals surface area contributed by atoms with E-state index in [0.717, 1.165) is 31.9 Å². The maximum absolute atomic E-state index is 6.05. The highest BCUT2D eigenvalue weighted by atomic mass is 16.5. The van der Waals surface area contributed by atoms with Crippen molar-refractivity contribution in [3.8, 4) is 5.75 Å². The van der Waals surface area contributed by atoms with Crippen LogP contribution in [0.3, 0.4) is 0 Å². The Hall–Kier alpha value is -1.06. The van der Waals surface area contributed by atoms with Crippen molar-refractivity contribution in [2.75, 3.05) is 39.3 Å². The van der Waals surface area contributed by atoms with Crippen LogP contribution in [0, 0.1) is 0 Å². The van der Waals surface area contributed by atoms with Crippen molar-refractivity contribution in [2.45, 2.75) is 58.3 Å². The Kier molecular flexibility index (Phi) is 9.89. The minimum absolute atomic E-state index is 0.863. The predicted octanol–water partition coefficient (Wildman–Crippen LogP) is 4.26. The maximum atomic E-state index is 6.05. The SMILES string of the molecule is CCCCCCCOc1ccccc1CCCCN1CCNCC1. The molecule has 1 fully saturated rings. The smallest absolute Gasteiger partial charge is 0.122 e. The first-order chi connectivity index (χ1) is 11.9. The van der Waals surface area contributed by atoms with Crippen LogP contribution in [0.4, 0.5) is 0 Å². The number of piperazine rings is 1. The number of unbranched alkanes of at least 4 members (excludes halogenated alkanes) is 5. The fraction of sp³-hybridized carbons (Fsp3) is 0.714. The number of hydrogen-bond acceptors (Lipinski definition) is 3. The standard InChI is InChI=1S/C21H36N2O/c1-2-3-4-5-10-19-24-21-13-7-6-11-20(21)12-8-9-16-23-17-14-22-15-18-23/h6-7,11,13,22H,2-5,8-10,12,14-19H2,1H3. The van der Waals surface area contributed by atoms with Gasteiger partial charge in [-0.1, -0.05) is 50.8 Å². The third-order valence-corrected chi connectivity index (χ3v) is 4.86. The van der Waals surface area contributed by atoms with Crippen LogP contribution in [-0.2, 0) is 6.42 Å². The Bertz CT molecular complexity index is 430. The van der Waals surface area contributed by atoms with Crippen molar-refractivity contribution in [1.29, 1.82) is 0 Å². The molecule has 0 bridgehead atoms. The molecule has 0 saturated carbocycles. The topological polar surface area (TPSA) is 24.5 Å².